The Morgan fingerprint density at radius 3 is 2.82 bits per heavy atom. The molecule has 1 N–H and O–H groups in total. The maximum atomic E-state index is 13.9. The average Bonchev–Trinajstić information content (AvgIpc) is 3.09. The number of halogens is 2. The lowest BCUT2D eigenvalue weighted by Crippen LogP contribution is -2.49. The van der Waals surface area contributed by atoms with E-state index in [9.17, 15) is 12.8 Å². The van der Waals surface area contributed by atoms with Crippen LogP contribution in [0.1, 0.15) is 11.9 Å². The van der Waals surface area contributed by atoms with Crippen molar-refractivity contribution in [3.8, 4) is 5.75 Å². The van der Waals surface area contributed by atoms with Crippen LogP contribution in [-0.4, -0.2) is 62.2 Å². The lowest BCUT2D eigenvalue weighted by molar-refractivity contribution is 0.144. The average molecular weight is 435 g/mol. The van der Waals surface area contributed by atoms with Gasteiger partial charge in [0, 0.05) is 46.2 Å². The Kier molecular flexibility index (Phi) is 7.79. The van der Waals surface area contributed by atoms with Gasteiger partial charge in [-0.3, -0.25) is 0 Å². The number of methoxy groups -OCH3 is 1. The van der Waals surface area contributed by atoms with Crippen molar-refractivity contribution in [1.29, 1.82) is 0 Å². The number of benzene rings is 1. The molecule has 156 valence electrons. The third-order valence-corrected chi connectivity index (χ3v) is 6.32. The molecule has 1 aromatic carbocycles. The predicted octanol–water partition coefficient (Wildman–Crippen LogP) is 1.34. The van der Waals surface area contributed by atoms with Gasteiger partial charge >= 0.3 is 0 Å². The Bertz CT molecular complexity index is 893. The fourth-order valence-electron chi connectivity index (χ4n) is 3.06. The molecule has 0 saturated carbocycles. The van der Waals surface area contributed by atoms with E-state index in [1.807, 2.05) is 7.05 Å². The third-order valence-electron chi connectivity index (χ3n) is 4.39. The van der Waals surface area contributed by atoms with Gasteiger partial charge in [0.05, 0.1) is 12.6 Å². The van der Waals surface area contributed by atoms with E-state index in [2.05, 4.69) is 10.3 Å². The number of piperazine rings is 1. The number of hydrogen-bond acceptors (Lipinski definition) is 6. The highest BCUT2D eigenvalue weighted by Gasteiger charge is 2.38. The second-order valence-corrected chi connectivity index (χ2v) is 8.02. The van der Waals surface area contributed by atoms with Crippen LogP contribution in [0.3, 0.4) is 0 Å². The minimum Gasteiger partial charge on any atom is -0.490 e. The Balaban J connectivity index is 0.00000280. The largest absolute Gasteiger partial charge is 0.490 e. The fourth-order valence-corrected chi connectivity index (χ4v) is 4.79. The summed E-state index contributed by atoms with van der Waals surface area (Å²) in [6.07, 6.45) is 3.38. The number of nitrogens with zero attached hydrogens (tertiary/aromatic N) is 3. The number of nitrogens with one attached hydrogen (secondary N) is 1. The van der Waals surface area contributed by atoms with E-state index in [4.69, 9.17) is 9.47 Å². The van der Waals surface area contributed by atoms with Crippen LogP contribution in [-0.2, 0) is 21.8 Å². The van der Waals surface area contributed by atoms with Crippen molar-refractivity contribution in [2.75, 3.05) is 40.0 Å². The first-order valence-corrected chi connectivity index (χ1v) is 10.00. The normalized spacial score (nSPS) is 17.9. The summed E-state index contributed by atoms with van der Waals surface area (Å²) in [5.41, 5.74) is 0. The molecule has 28 heavy (non-hydrogen) atoms. The summed E-state index contributed by atoms with van der Waals surface area (Å²) in [7, 11) is -0.684. The van der Waals surface area contributed by atoms with Gasteiger partial charge in [0.15, 0.2) is 0 Å². The van der Waals surface area contributed by atoms with Crippen LogP contribution in [0, 0.1) is 5.82 Å². The van der Waals surface area contributed by atoms with Crippen LogP contribution >= 0.6 is 12.4 Å². The van der Waals surface area contributed by atoms with Crippen LogP contribution in [0.15, 0.2) is 35.5 Å². The van der Waals surface area contributed by atoms with Gasteiger partial charge in [-0.25, -0.2) is 17.8 Å². The lowest BCUT2D eigenvalue weighted by atomic mass is 10.2. The summed E-state index contributed by atoms with van der Waals surface area (Å²) in [6.45, 7) is 1.61. The van der Waals surface area contributed by atoms with Gasteiger partial charge in [-0.2, -0.15) is 4.31 Å². The molecule has 1 atom stereocenters. The Morgan fingerprint density at radius 1 is 1.36 bits per heavy atom. The molecule has 1 aliphatic heterocycles. The van der Waals surface area contributed by atoms with Gasteiger partial charge in [0.25, 0.3) is 0 Å². The van der Waals surface area contributed by atoms with Gasteiger partial charge in [-0.1, -0.05) is 0 Å². The van der Waals surface area contributed by atoms with Crippen molar-refractivity contribution < 1.29 is 22.3 Å². The molecular weight excluding hydrogens is 411 g/mol. The summed E-state index contributed by atoms with van der Waals surface area (Å²) in [5, 5.41) is 3.19. The SMILES string of the molecule is COCCOc1ccc(F)cc1S(=O)(=O)N1CCNCC1c1nccn1C.Cl. The summed E-state index contributed by atoms with van der Waals surface area (Å²) >= 11 is 0. The molecule has 8 nitrogen and oxygen atoms in total. The minimum absolute atomic E-state index is 0. The maximum Gasteiger partial charge on any atom is 0.247 e. The topological polar surface area (TPSA) is 85.7 Å². The second kappa shape index (κ2) is 9.66. The molecule has 2 heterocycles. The lowest BCUT2D eigenvalue weighted by Gasteiger charge is -2.35. The number of aryl methyl sites for hydroxylation is 1. The van der Waals surface area contributed by atoms with E-state index in [-0.39, 0.29) is 36.2 Å². The van der Waals surface area contributed by atoms with Crippen LogP contribution in [0.4, 0.5) is 4.39 Å². The van der Waals surface area contributed by atoms with Crippen molar-refractivity contribution in [1.82, 2.24) is 19.2 Å². The van der Waals surface area contributed by atoms with Crippen molar-refractivity contribution in [3.63, 3.8) is 0 Å². The van der Waals surface area contributed by atoms with Gasteiger partial charge in [0.1, 0.15) is 28.9 Å². The predicted molar refractivity (Wildman–Crippen MR) is 104 cm³/mol. The molecule has 0 radical (unpaired) electrons. The van der Waals surface area contributed by atoms with E-state index >= 15 is 0 Å². The van der Waals surface area contributed by atoms with Gasteiger partial charge in [-0.05, 0) is 18.2 Å². The molecule has 0 bridgehead atoms. The standard InChI is InChI=1S/C17H23FN4O4S.ClH/c1-21-7-6-20-17(21)14-12-19-5-8-22(14)27(23,24)16-11-13(18)3-4-15(16)26-10-9-25-2;/h3-4,6-7,11,14,19H,5,8-10,12H2,1-2H3;1H. The van der Waals surface area contributed by atoms with Crippen molar-refractivity contribution in [2.45, 2.75) is 10.9 Å². The summed E-state index contributed by atoms with van der Waals surface area (Å²) in [6, 6.07) is 3.00. The first-order valence-electron chi connectivity index (χ1n) is 8.56. The summed E-state index contributed by atoms with van der Waals surface area (Å²) in [5.74, 6) is 0.0749. The molecular formula is C17H24ClFN4O4S. The summed E-state index contributed by atoms with van der Waals surface area (Å²) < 4.78 is 54.2. The quantitative estimate of drug-likeness (QED) is 0.662. The minimum atomic E-state index is -4.01. The molecule has 1 fully saturated rings. The second-order valence-electron chi connectivity index (χ2n) is 6.16. The van der Waals surface area contributed by atoms with Crippen LogP contribution in [0.25, 0.3) is 0 Å². The number of hydrogen-bond donors (Lipinski definition) is 1. The number of aromatic nitrogens is 2. The molecule has 0 amide bonds. The van der Waals surface area contributed by atoms with Gasteiger partial charge < -0.3 is 19.4 Å². The highest BCUT2D eigenvalue weighted by molar-refractivity contribution is 7.89. The first kappa shape index (κ1) is 22.6. The van der Waals surface area contributed by atoms with Crippen LogP contribution in [0.5, 0.6) is 5.75 Å². The molecule has 1 saturated heterocycles. The molecule has 3 rings (SSSR count). The Hall–Kier alpha value is -1.72. The van der Waals surface area contributed by atoms with Gasteiger partial charge in [0.2, 0.25) is 10.0 Å². The number of ether oxygens (including phenoxy) is 2. The number of rotatable bonds is 7. The van der Waals surface area contributed by atoms with E-state index in [0.717, 1.165) is 6.07 Å². The highest BCUT2D eigenvalue weighted by atomic mass is 35.5. The molecule has 1 unspecified atom stereocenters. The van der Waals surface area contributed by atoms with Gasteiger partial charge in [-0.15, -0.1) is 12.4 Å². The van der Waals surface area contributed by atoms with Crippen LogP contribution < -0.4 is 10.1 Å². The van der Waals surface area contributed by atoms with Crippen LogP contribution in [0.2, 0.25) is 0 Å². The number of imidazole rings is 1. The van der Waals surface area contributed by atoms with E-state index in [1.165, 1.54) is 23.5 Å². The Morgan fingerprint density at radius 2 is 2.14 bits per heavy atom. The van der Waals surface area contributed by atoms with E-state index < -0.39 is 21.9 Å². The number of sulfonamides is 1. The highest BCUT2D eigenvalue weighted by Crippen LogP contribution is 2.33. The zero-order chi connectivity index (χ0) is 19.4. The third kappa shape index (κ3) is 4.64. The molecule has 0 aliphatic carbocycles. The molecule has 11 heteroatoms. The van der Waals surface area contributed by atoms with Crippen molar-refractivity contribution in [2.24, 2.45) is 7.05 Å². The zero-order valence-electron chi connectivity index (χ0n) is 15.7. The van der Waals surface area contributed by atoms with E-state index in [0.29, 0.717) is 25.5 Å². The smallest absolute Gasteiger partial charge is 0.247 e. The Labute approximate surface area is 170 Å². The summed E-state index contributed by atoms with van der Waals surface area (Å²) in [4.78, 5) is 4.10. The maximum absolute atomic E-state index is 13.9. The fraction of sp³-hybridized carbons (Fsp3) is 0.471. The monoisotopic (exact) mass is 434 g/mol. The van der Waals surface area contributed by atoms with Crippen molar-refractivity contribution >= 4 is 22.4 Å². The zero-order valence-corrected chi connectivity index (χ0v) is 17.3. The van der Waals surface area contributed by atoms with E-state index in [1.54, 1.807) is 17.0 Å². The molecule has 2 aromatic rings. The van der Waals surface area contributed by atoms with Crippen molar-refractivity contribution in [3.05, 3.63) is 42.2 Å². The molecule has 1 aromatic heterocycles. The first-order chi connectivity index (χ1) is 12.9. The molecule has 1 aliphatic rings. The molecule has 0 spiro atoms.